The Morgan fingerprint density at radius 3 is 3.00 bits per heavy atom. The van der Waals surface area contributed by atoms with Gasteiger partial charge in [0, 0.05) is 28.8 Å². The van der Waals surface area contributed by atoms with Crippen molar-refractivity contribution in [1.29, 1.82) is 0 Å². The zero-order valence-corrected chi connectivity index (χ0v) is 11.7. The van der Waals surface area contributed by atoms with Crippen molar-refractivity contribution in [3.63, 3.8) is 0 Å². The van der Waals surface area contributed by atoms with Crippen molar-refractivity contribution in [2.75, 3.05) is 5.32 Å². The molecule has 5 nitrogen and oxygen atoms in total. The molecule has 1 amide bonds. The number of carbonyl (C=O) groups excluding carboxylic acids is 1. The van der Waals surface area contributed by atoms with E-state index in [4.69, 9.17) is 0 Å². The first kappa shape index (κ1) is 12.0. The number of benzene rings is 1. The minimum Gasteiger partial charge on any atom is -0.345 e. The van der Waals surface area contributed by atoms with Crippen LogP contribution in [-0.4, -0.2) is 20.7 Å². The number of amides is 1. The molecule has 3 rings (SSSR count). The summed E-state index contributed by atoms with van der Waals surface area (Å²) >= 11 is 3.35. The van der Waals surface area contributed by atoms with Crippen LogP contribution in [0.15, 0.2) is 41.1 Å². The minimum atomic E-state index is -0.143. The maximum Gasteiger partial charge on any atom is 0.272 e. The van der Waals surface area contributed by atoms with Crippen molar-refractivity contribution in [1.82, 2.24) is 14.8 Å². The predicted molar refractivity (Wildman–Crippen MR) is 77.2 cm³/mol. The first-order chi connectivity index (χ1) is 9.13. The highest BCUT2D eigenvalue weighted by atomic mass is 79.9. The molecule has 0 bridgehead atoms. The SMILES string of the molecule is Cn1cc(Br)cc1C(=O)Nc1ccc2[nH]ncc2c1. The summed E-state index contributed by atoms with van der Waals surface area (Å²) in [4.78, 5) is 12.1. The van der Waals surface area contributed by atoms with Gasteiger partial charge in [0.25, 0.3) is 5.91 Å². The Labute approximate surface area is 117 Å². The van der Waals surface area contributed by atoms with Gasteiger partial charge >= 0.3 is 0 Å². The molecule has 2 heterocycles. The number of rotatable bonds is 2. The zero-order valence-electron chi connectivity index (χ0n) is 10.1. The summed E-state index contributed by atoms with van der Waals surface area (Å²) in [6.07, 6.45) is 3.57. The number of aryl methyl sites for hydroxylation is 1. The molecule has 96 valence electrons. The number of aromatic amines is 1. The van der Waals surface area contributed by atoms with Gasteiger partial charge in [-0.05, 0) is 40.2 Å². The van der Waals surface area contributed by atoms with E-state index in [0.29, 0.717) is 5.69 Å². The van der Waals surface area contributed by atoms with E-state index < -0.39 is 0 Å². The summed E-state index contributed by atoms with van der Waals surface area (Å²) in [6, 6.07) is 7.40. The van der Waals surface area contributed by atoms with E-state index in [-0.39, 0.29) is 5.91 Å². The maximum atomic E-state index is 12.1. The Balaban J connectivity index is 1.88. The van der Waals surface area contributed by atoms with Gasteiger partial charge < -0.3 is 9.88 Å². The van der Waals surface area contributed by atoms with Gasteiger partial charge in [0.15, 0.2) is 0 Å². The molecule has 0 saturated carbocycles. The lowest BCUT2D eigenvalue weighted by Gasteiger charge is -2.06. The van der Waals surface area contributed by atoms with Crippen molar-refractivity contribution < 1.29 is 4.79 Å². The van der Waals surface area contributed by atoms with Crippen LogP contribution in [0.4, 0.5) is 5.69 Å². The second-order valence-electron chi connectivity index (χ2n) is 4.28. The molecule has 6 heteroatoms. The van der Waals surface area contributed by atoms with E-state index in [1.807, 2.05) is 31.4 Å². The average molecular weight is 319 g/mol. The highest BCUT2D eigenvalue weighted by molar-refractivity contribution is 9.10. The van der Waals surface area contributed by atoms with Crippen molar-refractivity contribution >= 4 is 38.4 Å². The normalized spacial score (nSPS) is 10.8. The molecule has 1 aromatic carbocycles. The number of halogens is 1. The number of nitrogens with one attached hydrogen (secondary N) is 2. The van der Waals surface area contributed by atoms with Gasteiger partial charge in [-0.2, -0.15) is 5.10 Å². The fraction of sp³-hybridized carbons (Fsp3) is 0.0769. The van der Waals surface area contributed by atoms with Gasteiger partial charge in [0.05, 0.1) is 11.7 Å². The molecule has 0 spiro atoms. The Morgan fingerprint density at radius 2 is 2.26 bits per heavy atom. The van der Waals surface area contributed by atoms with Gasteiger partial charge in [-0.3, -0.25) is 9.89 Å². The van der Waals surface area contributed by atoms with Crippen LogP contribution >= 0.6 is 15.9 Å². The van der Waals surface area contributed by atoms with Gasteiger partial charge in [-0.1, -0.05) is 0 Å². The third-order valence-electron chi connectivity index (χ3n) is 2.90. The fourth-order valence-electron chi connectivity index (χ4n) is 1.97. The Hall–Kier alpha value is -2.08. The molecule has 3 aromatic rings. The fourth-order valence-corrected chi connectivity index (χ4v) is 2.49. The molecule has 2 aromatic heterocycles. The summed E-state index contributed by atoms with van der Waals surface area (Å²) in [5.74, 6) is -0.143. The van der Waals surface area contributed by atoms with E-state index in [2.05, 4.69) is 31.4 Å². The van der Waals surface area contributed by atoms with Crippen LogP contribution < -0.4 is 5.32 Å². The first-order valence-corrected chi connectivity index (χ1v) is 6.49. The van der Waals surface area contributed by atoms with Crippen molar-refractivity contribution in [2.24, 2.45) is 7.05 Å². The number of fused-ring (bicyclic) bond motifs is 1. The molecule has 0 aliphatic rings. The lowest BCUT2D eigenvalue weighted by molar-refractivity contribution is 0.101. The van der Waals surface area contributed by atoms with Gasteiger partial charge in [0.1, 0.15) is 5.69 Å². The highest BCUT2D eigenvalue weighted by Gasteiger charge is 2.11. The van der Waals surface area contributed by atoms with E-state index >= 15 is 0 Å². The second kappa shape index (κ2) is 4.55. The van der Waals surface area contributed by atoms with E-state index in [9.17, 15) is 4.79 Å². The third kappa shape index (κ3) is 2.26. The summed E-state index contributed by atoms with van der Waals surface area (Å²) < 4.78 is 2.65. The van der Waals surface area contributed by atoms with E-state index in [0.717, 1.165) is 21.1 Å². The van der Waals surface area contributed by atoms with Gasteiger partial charge in [-0.25, -0.2) is 0 Å². The Bertz CT molecular complexity index is 759. The number of H-pyrrole nitrogens is 1. The summed E-state index contributed by atoms with van der Waals surface area (Å²) in [5.41, 5.74) is 2.29. The maximum absolute atomic E-state index is 12.1. The Kier molecular flexibility index (Phi) is 2.87. The van der Waals surface area contributed by atoms with Crippen molar-refractivity contribution in [3.05, 3.63) is 46.8 Å². The van der Waals surface area contributed by atoms with Crippen LogP contribution in [0.25, 0.3) is 10.9 Å². The Morgan fingerprint density at radius 1 is 1.42 bits per heavy atom. The number of hydrogen-bond acceptors (Lipinski definition) is 2. The van der Waals surface area contributed by atoms with Crippen molar-refractivity contribution in [3.8, 4) is 0 Å². The summed E-state index contributed by atoms with van der Waals surface area (Å²) in [7, 11) is 1.83. The minimum absolute atomic E-state index is 0.143. The highest BCUT2D eigenvalue weighted by Crippen LogP contribution is 2.19. The number of anilines is 1. The second-order valence-corrected chi connectivity index (χ2v) is 5.20. The number of hydrogen-bond donors (Lipinski definition) is 2. The van der Waals surface area contributed by atoms with Gasteiger partial charge in [0.2, 0.25) is 0 Å². The van der Waals surface area contributed by atoms with Crippen LogP contribution in [0.2, 0.25) is 0 Å². The topological polar surface area (TPSA) is 62.7 Å². The molecule has 0 unspecified atom stereocenters. The van der Waals surface area contributed by atoms with E-state index in [1.54, 1.807) is 16.8 Å². The summed E-state index contributed by atoms with van der Waals surface area (Å²) in [5, 5.41) is 10.7. The van der Waals surface area contributed by atoms with Crippen LogP contribution in [0.1, 0.15) is 10.5 Å². The van der Waals surface area contributed by atoms with Crippen LogP contribution in [-0.2, 0) is 7.05 Å². The molecule has 0 saturated heterocycles. The van der Waals surface area contributed by atoms with E-state index in [1.165, 1.54) is 0 Å². The number of carbonyl (C=O) groups is 1. The molecule has 0 atom stereocenters. The number of nitrogens with zero attached hydrogens (tertiary/aromatic N) is 2. The quantitative estimate of drug-likeness (QED) is 0.763. The average Bonchev–Trinajstić information content (AvgIpc) is 2.94. The molecular formula is C13H11BrN4O. The first-order valence-electron chi connectivity index (χ1n) is 5.70. The third-order valence-corrected chi connectivity index (χ3v) is 3.34. The number of aromatic nitrogens is 3. The zero-order chi connectivity index (χ0) is 13.4. The smallest absolute Gasteiger partial charge is 0.272 e. The summed E-state index contributed by atoms with van der Waals surface area (Å²) in [6.45, 7) is 0. The largest absolute Gasteiger partial charge is 0.345 e. The van der Waals surface area contributed by atoms with Crippen LogP contribution in [0, 0.1) is 0 Å². The van der Waals surface area contributed by atoms with Crippen LogP contribution in [0.5, 0.6) is 0 Å². The molecule has 0 aliphatic heterocycles. The molecule has 0 fully saturated rings. The molecule has 19 heavy (non-hydrogen) atoms. The van der Waals surface area contributed by atoms with Gasteiger partial charge in [-0.15, -0.1) is 0 Å². The van der Waals surface area contributed by atoms with Crippen LogP contribution in [0.3, 0.4) is 0 Å². The lowest BCUT2D eigenvalue weighted by Crippen LogP contribution is -2.15. The molecule has 0 aliphatic carbocycles. The molecule has 2 N–H and O–H groups in total. The predicted octanol–water partition coefficient (Wildman–Crippen LogP) is 2.92. The standard InChI is InChI=1S/C13H11BrN4O/c1-18-7-9(14)5-12(18)13(19)16-10-2-3-11-8(4-10)6-15-17-11/h2-7H,1H3,(H,15,17)(H,16,19). The monoisotopic (exact) mass is 318 g/mol. The molecule has 0 radical (unpaired) electrons. The van der Waals surface area contributed by atoms with Crippen molar-refractivity contribution in [2.45, 2.75) is 0 Å². The molecular weight excluding hydrogens is 308 g/mol. The lowest BCUT2D eigenvalue weighted by atomic mass is 10.2.